The van der Waals surface area contributed by atoms with Gasteiger partial charge in [0.1, 0.15) is 11.5 Å². The van der Waals surface area contributed by atoms with E-state index in [0.717, 1.165) is 0 Å². The third-order valence-corrected chi connectivity index (χ3v) is 4.54. The van der Waals surface area contributed by atoms with Crippen LogP contribution in [0.25, 0.3) is 17.4 Å². The van der Waals surface area contributed by atoms with Crippen molar-refractivity contribution in [3.8, 4) is 11.3 Å². The van der Waals surface area contributed by atoms with Crippen LogP contribution >= 0.6 is 0 Å². The summed E-state index contributed by atoms with van der Waals surface area (Å²) in [6.07, 6.45) is 4.21. The van der Waals surface area contributed by atoms with Crippen LogP contribution < -0.4 is 5.32 Å². The Kier molecular flexibility index (Phi) is 5.76. The predicted molar refractivity (Wildman–Crippen MR) is 117 cm³/mol. The van der Waals surface area contributed by atoms with E-state index in [-0.39, 0.29) is 17.2 Å². The number of hydrogen-bond donors (Lipinski definition) is 1. The van der Waals surface area contributed by atoms with Crippen molar-refractivity contribution in [1.82, 2.24) is 0 Å². The third kappa shape index (κ3) is 4.54. The molecule has 0 saturated carbocycles. The van der Waals surface area contributed by atoms with E-state index >= 15 is 0 Å². The first kappa shape index (κ1) is 20.5. The molecule has 0 fully saturated rings. The summed E-state index contributed by atoms with van der Waals surface area (Å²) >= 11 is 0. The number of carbonyl (C=O) groups is 2. The molecule has 2 aromatic heterocycles. The molecule has 1 N–H and O–H groups in total. The standard InChI is InChI=1S/C24H16N2O6/c27-21(16-5-3-6-17(15-16)25-24(28)23-9-4-14-31-23)12-10-18-11-13-22(32-18)19-7-1-2-8-20(19)26(29)30/h1-15H,(H,25,28). The number of hydrogen-bond acceptors (Lipinski definition) is 6. The van der Waals surface area contributed by atoms with E-state index in [2.05, 4.69) is 5.32 Å². The van der Waals surface area contributed by atoms with E-state index in [9.17, 15) is 19.7 Å². The van der Waals surface area contributed by atoms with Crippen LogP contribution in [0.5, 0.6) is 0 Å². The third-order valence-electron chi connectivity index (χ3n) is 4.54. The molecular weight excluding hydrogens is 412 g/mol. The van der Waals surface area contributed by atoms with Gasteiger partial charge in [0.2, 0.25) is 0 Å². The number of amides is 1. The van der Waals surface area contributed by atoms with E-state index in [1.165, 1.54) is 30.5 Å². The van der Waals surface area contributed by atoms with Gasteiger partial charge >= 0.3 is 0 Å². The van der Waals surface area contributed by atoms with Crippen molar-refractivity contribution in [2.24, 2.45) is 0 Å². The van der Waals surface area contributed by atoms with Crippen LogP contribution in [0.15, 0.2) is 94.0 Å². The van der Waals surface area contributed by atoms with Crippen molar-refractivity contribution >= 4 is 29.1 Å². The number of nitro benzene ring substituents is 1. The molecule has 0 bridgehead atoms. The molecule has 0 aliphatic carbocycles. The van der Waals surface area contributed by atoms with Crippen LogP contribution in [0.3, 0.4) is 0 Å². The summed E-state index contributed by atoms with van der Waals surface area (Å²) in [7, 11) is 0. The molecule has 1 amide bonds. The average Bonchev–Trinajstić information content (AvgIpc) is 3.50. The topological polar surface area (TPSA) is 116 Å². The lowest BCUT2D eigenvalue weighted by molar-refractivity contribution is -0.384. The first-order chi connectivity index (χ1) is 15.5. The quantitative estimate of drug-likeness (QED) is 0.177. The molecule has 4 aromatic rings. The number of carbonyl (C=O) groups excluding carboxylic acids is 2. The molecule has 0 spiro atoms. The molecule has 8 nitrogen and oxygen atoms in total. The second-order valence-corrected chi connectivity index (χ2v) is 6.69. The van der Waals surface area contributed by atoms with Gasteiger partial charge < -0.3 is 14.2 Å². The second-order valence-electron chi connectivity index (χ2n) is 6.69. The summed E-state index contributed by atoms with van der Waals surface area (Å²) in [5.74, 6) is 0.130. The zero-order valence-corrected chi connectivity index (χ0v) is 16.6. The average molecular weight is 428 g/mol. The minimum absolute atomic E-state index is 0.0677. The number of para-hydroxylation sites is 1. The first-order valence-corrected chi connectivity index (χ1v) is 9.52. The molecule has 158 valence electrons. The van der Waals surface area contributed by atoms with Crippen molar-refractivity contribution < 1.29 is 23.3 Å². The van der Waals surface area contributed by atoms with Gasteiger partial charge in [0.25, 0.3) is 11.6 Å². The highest BCUT2D eigenvalue weighted by molar-refractivity contribution is 6.08. The second kappa shape index (κ2) is 8.97. The van der Waals surface area contributed by atoms with Gasteiger partial charge in [-0.2, -0.15) is 0 Å². The number of allylic oxidation sites excluding steroid dienone is 1. The largest absolute Gasteiger partial charge is 0.459 e. The maximum absolute atomic E-state index is 12.6. The van der Waals surface area contributed by atoms with Crippen molar-refractivity contribution in [1.29, 1.82) is 0 Å². The summed E-state index contributed by atoms with van der Waals surface area (Å²) in [5.41, 5.74) is 1.09. The van der Waals surface area contributed by atoms with Gasteiger partial charge in [-0.25, -0.2) is 0 Å². The Balaban J connectivity index is 1.48. The van der Waals surface area contributed by atoms with Crippen molar-refractivity contribution in [3.05, 3.63) is 112 Å². The van der Waals surface area contributed by atoms with E-state index in [4.69, 9.17) is 8.83 Å². The van der Waals surface area contributed by atoms with E-state index in [1.807, 2.05) is 0 Å². The zero-order valence-electron chi connectivity index (χ0n) is 16.6. The Morgan fingerprint density at radius 3 is 2.59 bits per heavy atom. The van der Waals surface area contributed by atoms with Gasteiger partial charge in [0.15, 0.2) is 11.5 Å². The predicted octanol–water partition coefficient (Wildman–Crippen LogP) is 5.60. The number of furan rings is 2. The number of benzene rings is 2. The Labute approximate surface area is 181 Å². The lowest BCUT2D eigenvalue weighted by Crippen LogP contribution is -2.11. The molecule has 0 unspecified atom stereocenters. The van der Waals surface area contributed by atoms with E-state index in [1.54, 1.807) is 60.7 Å². The summed E-state index contributed by atoms with van der Waals surface area (Å²) in [6.45, 7) is 0. The number of nitrogens with zero attached hydrogens (tertiary/aromatic N) is 1. The van der Waals surface area contributed by atoms with Gasteiger partial charge in [0, 0.05) is 17.3 Å². The van der Waals surface area contributed by atoms with Gasteiger partial charge in [-0.3, -0.25) is 19.7 Å². The minimum atomic E-state index is -0.478. The van der Waals surface area contributed by atoms with Crippen molar-refractivity contribution in [2.75, 3.05) is 5.32 Å². The summed E-state index contributed by atoms with van der Waals surface area (Å²) < 4.78 is 10.7. The SMILES string of the molecule is O=C(C=Cc1ccc(-c2ccccc2[N+](=O)[O-])o1)c1cccc(NC(=O)c2ccco2)c1. The zero-order chi connectivity index (χ0) is 22.5. The first-order valence-electron chi connectivity index (χ1n) is 9.52. The van der Waals surface area contributed by atoms with E-state index < -0.39 is 10.8 Å². The monoisotopic (exact) mass is 428 g/mol. The lowest BCUT2D eigenvalue weighted by atomic mass is 10.1. The summed E-state index contributed by atoms with van der Waals surface area (Å²) in [4.78, 5) is 35.4. The normalized spacial score (nSPS) is 10.9. The Bertz CT molecular complexity index is 1320. The van der Waals surface area contributed by atoms with Crippen LogP contribution in [0.4, 0.5) is 11.4 Å². The molecule has 4 rings (SSSR count). The summed E-state index contributed by atoms with van der Waals surface area (Å²) in [6, 6.07) is 19.1. The van der Waals surface area contributed by atoms with Crippen LogP contribution in [-0.2, 0) is 0 Å². The van der Waals surface area contributed by atoms with Crippen molar-refractivity contribution in [2.45, 2.75) is 0 Å². The van der Waals surface area contributed by atoms with Crippen LogP contribution in [0, 0.1) is 10.1 Å². The maximum Gasteiger partial charge on any atom is 0.291 e. The highest BCUT2D eigenvalue weighted by Crippen LogP contribution is 2.31. The van der Waals surface area contributed by atoms with Crippen LogP contribution in [0.2, 0.25) is 0 Å². The maximum atomic E-state index is 12.6. The highest BCUT2D eigenvalue weighted by Gasteiger charge is 2.17. The number of anilines is 1. The number of nitrogens with one attached hydrogen (secondary N) is 1. The fourth-order valence-corrected chi connectivity index (χ4v) is 3.03. The smallest absolute Gasteiger partial charge is 0.291 e. The van der Waals surface area contributed by atoms with Gasteiger partial charge in [-0.1, -0.05) is 24.3 Å². The molecule has 0 aliphatic rings. The molecule has 0 atom stereocenters. The number of nitro groups is 1. The molecule has 0 radical (unpaired) electrons. The molecule has 2 heterocycles. The Morgan fingerprint density at radius 1 is 0.969 bits per heavy atom. The van der Waals surface area contributed by atoms with E-state index in [0.29, 0.717) is 28.3 Å². The molecule has 0 saturated heterocycles. The number of rotatable bonds is 7. The Hall–Kier alpha value is -4.72. The van der Waals surface area contributed by atoms with Crippen LogP contribution in [0.1, 0.15) is 26.7 Å². The minimum Gasteiger partial charge on any atom is -0.459 e. The van der Waals surface area contributed by atoms with Gasteiger partial charge in [-0.05, 0) is 54.6 Å². The lowest BCUT2D eigenvalue weighted by Gasteiger charge is -2.04. The Morgan fingerprint density at radius 2 is 1.81 bits per heavy atom. The number of ketones is 1. The highest BCUT2D eigenvalue weighted by atomic mass is 16.6. The molecule has 32 heavy (non-hydrogen) atoms. The van der Waals surface area contributed by atoms with Crippen molar-refractivity contribution in [3.63, 3.8) is 0 Å². The fraction of sp³-hybridized carbons (Fsp3) is 0. The fourth-order valence-electron chi connectivity index (χ4n) is 3.03. The van der Waals surface area contributed by atoms with Gasteiger partial charge in [0.05, 0.1) is 16.7 Å². The van der Waals surface area contributed by atoms with Gasteiger partial charge in [-0.15, -0.1) is 0 Å². The summed E-state index contributed by atoms with van der Waals surface area (Å²) in [5, 5.41) is 13.9. The molecule has 0 aliphatic heterocycles. The molecular formula is C24H16N2O6. The molecule has 2 aromatic carbocycles. The molecule has 8 heteroatoms. The van der Waals surface area contributed by atoms with Crippen LogP contribution in [-0.4, -0.2) is 16.6 Å².